The number of ether oxygens (including phenoxy) is 1. The van der Waals surface area contributed by atoms with Gasteiger partial charge in [-0.1, -0.05) is 66.6 Å². The van der Waals surface area contributed by atoms with Crippen LogP contribution in [0, 0.1) is 0 Å². The minimum atomic E-state index is -0.761. The molecule has 3 aromatic rings. The summed E-state index contributed by atoms with van der Waals surface area (Å²) in [6.45, 7) is 4.37. The van der Waals surface area contributed by atoms with Gasteiger partial charge in [0, 0.05) is 17.1 Å². The molecule has 1 unspecified atom stereocenters. The molecule has 0 saturated heterocycles. The summed E-state index contributed by atoms with van der Waals surface area (Å²) >= 11 is 7.27. The van der Waals surface area contributed by atoms with Gasteiger partial charge in [0.1, 0.15) is 4.53 Å². The van der Waals surface area contributed by atoms with Gasteiger partial charge in [0.25, 0.3) is 11.5 Å². The molecule has 0 N–H and O–H groups in total. The summed E-state index contributed by atoms with van der Waals surface area (Å²) in [6, 6.07) is 13.7. The van der Waals surface area contributed by atoms with Crippen LogP contribution in [0.3, 0.4) is 0 Å². The van der Waals surface area contributed by atoms with Gasteiger partial charge in [-0.3, -0.25) is 14.2 Å². The zero-order chi connectivity index (χ0) is 25.6. The molecule has 1 atom stereocenters. The molecule has 0 fully saturated rings. The minimum absolute atomic E-state index is 0.193. The van der Waals surface area contributed by atoms with Crippen LogP contribution in [0.2, 0.25) is 5.02 Å². The number of halogens is 1. The normalized spacial score (nSPS) is 18.2. The molecule has 7 nitrogen and oxygen atoms in total. The van der Waals surface area contributed by atoms with E-state index in [1.165, 1.54) is 23.0 Å². The molecule has 2 aromatic carbocycles. The number of carbonyl (C=O) groups is 2. The first kappa shape index (κ1) is 24.2. The molecule has 36 heavy (non-hydrogen) atoms. The highest BCUT2D eigenvalue weighted by Gasteiger charge is 2.37. The van der Waals surface area contributed by atoms with Crippen LogP contribution in [-0.4, -0.2) is 30.1 Å². The molecule has 1 aromatic heterocycles. The molecule has 0 radical (unpaired) electrons. The molecule has 0 aliphatic carbocycles. The lowest BCUT2D eigenvalue weighted by molar-refractivity contribution is -0.136. The predicted octanol–water partition coefficient (Wildman–Crippen LogP) is 3.58. The van der Waals surface area contributed by atoms with Crippen molar-refractivity contribution in [1.82, 2.24) is 4.57 Å². The van der Waals surface area contributed by atoms with Gasteiger partial charge in [-0.05, 0) is 37.1 Å². The van der Waals surface area contributed by atoms with Crippen LogP contribution in [0.5, 0.6) is 0 Å². The Morgan fingerprint density at radius 2 is 1.86 bits per heavy atom. The van der Waals surface area contributed by atoms with Gasteiger partial charge in [0.2, 0.25) is 0 Å². The highest BCUT2D eigenvalue weighted by molar-refractivity contribution is 7.07. The second-order valence-corrected chi connectivity index (χ2v) is 10.1. The fraction of sp³-hybridized carbons (Fsp3) is 0.259. The Kier molecular flexibility index (Phi) is 6.40. The van der Waals surface area contributed by atoms with Crippen LogP contribution in [0.15, 0.2) is 69.6 Å². The number of aromatic nitrogens is 1. The average Bonchev–Trinajstić information content (AvgIpc) is 3.34. The lowest BCUT2D eigenvalue weighted by atomic mass is 9.96. The third kappa shape index (κ3) is 3.81. The number of anilines is 1. The van der Waals surface area contributed by atoms with Crippen LogP contribution < -0.4 is 19.8 Å². The highest BCUT2D eigenvalue weighted by atomic mass is 35.5. The quantitative estimate of drug-likeness (QED) is 0.481. The number of nitrogens with zero attached hydrogens (tertiary/aromatic N) is 3. The van der Waals surface area contributed by atoms with Crippen molar-refractivity contribution in [1.29, 1.82) is 0 Å². The number of hydrogen-bond acceptors (Lipinski definition) is 6. The Hall–Kier alpha value is -3.49. The monoisotopic (exact) mass is 521 g/mol. The van der Waals surface area contributed by atoms with Crippen molar-refractivity contribution < 1.29 is 14.3 Å². The van der Waals surface area contributed by atoms with E-state index in [2.05, 4.69) is 11.9 Å². The van der Waals surface area contributed by atoms with Crippen molar-refractivity contribution >= 4 is 46.1 Å². The number of methoxy groups -OCH3 is 1. The van der Waals surface area contributed by atoms with Crippen molar-refractivity contribution in [3.8, 4) is 0 Å². The number of carbonyl (C=O) groups excluding carboxylic acids is 2. The number of amides is 1. The Labute approximate surface area is 216 Å². The summed E-state index contributed by atoms with van der Waals surface area (Å²) in [5, 5.41) is 0.536. The number of esters is 1. The molecule has 184 valence electrons. The van der Waals surface area contributed by atoms with Gasteiger partial charge >= 0.3 is 5.97 Å². The number of rotatable bonds is 5. The first-order chi connectivity index (χ1) is 17.4. The zero-order valence-electron chi connectivity index (χ0n) is 20.1. The summed E-state index contributed by atoms with van der Waals surface area (Å²) in [5.74, 6) is -0.760. The predicted molar refractivity (Wildman–Crippen MR) is 140 cm³/mol. The Morgan fingerprint density at radius 3 is 2.56 bits per heavy atom. The van der Waals surface area contributed by atoms with Crippen LogP contribution in [-0.2, 0) is 14.3 Å². The number of benzene rings is 2. The fourth-order valence-electron chi connectivity index (χ4n) is 4.74. The number of para-hydroxylation sites is 1. The number of thiazole rings is 1. The van der Waals surface area contributed by atoms with Gasteiger partial charge in [0.05, 0.1) is 35.7 Å². The summed E-state index contributed by atoms with van der Waals surface area (Å²) in [7, 11) is 1.30. The van der Waals surface area contributed by atoms with Crippen molar-refractivity contribution in [3.05, 3.63) is 95.6 Å². The van der Waals surface area contributed by atoms with E-state index in [1.54, 1.807) is 36.1 Å². The number of unbranched alkanes of at least 4 members (excludes halogenated alkanes) is 1. The van der Waals surface area contributed by atoms with Gasteiger partial charge in [0.15, 0.2) is 4.80 Å². The van der Waals surface area contributed by atoms with Crippen LogP contribution in [0.1, 0.15) is 43.9 Å². The molecule has 0 bridgehead atoms. The van der Waals surface area contributed by atoms with Crippen molar-refractivity contribution in [2.24, 2.45) is 4.99 Å². The third-order valence-electron chi connectivity index (χ3n) is 6.47. The average molecular weight is 522 g/mol. The van der Waals surface area contributed by atoms with Crippen LogP contribution in [0.4, 0.5) is 5.69 Å². The Bertz CT molecular complexity index is 1600. The van der Waals surface area contributed by atoms with E-state index >= 15 is 0 Å². The number of fused-ring (bicyclic) bond motifs is 2. The van der Waals surface area contributed by atoms with E-state index < -0.39 is 12.0 Å². The molecule has 3 heterocycles. The summed E-state index contributed by atoms with van der Waals surface area (Å²) < 4.78 is 6.85. The maximum Gasteiger partial charge on any atom is 0.338 e. The van der Waals surface area contributed by atoms with Crippen molar-refractivity contribution in [2.45, 2.75) is 32.7 Å². The van der Waals surface area contributed by atoms with E-state index in [9.17, 15) is 14.4 Å². The second-order valence-electron chi connectivity index (χ2n) is 8.65. The minimum Gasteiger partial charge on any atom is -0.466 e. The zero-order valence-corrected chi connectivity index (χ0v) is 21.7. The van der Waals surface area contributed by atoms with E-state index in [1.807, 2.05) is 24.3 Å². The molecular formula is C27H24ClN3O4S. The molecule has 9 heteroatoms. The lowest BCUT2D eigenvalue weighted by Gasteiger charge is -2.24. The van der Waals surface area contributed by atoms with Gasteiger partial charge in [-0.2, -0.15) is 0 Å². The topological polar surface area (TPSA) is 81.0 Å². The maximum atomic E-state index is 14.0. The second kappa shape index (κ2) is 9.52. The summed E-state index contributed by atoms with van der Waals surface area (Å²) in [4.78, 5) is 47.2. The van der Waals surface area contributed by atoms with Gasteiger partial charge in [-0.25, -0.2) is 9.79 Å². The first-order valence-electron chi connectivity index (χ1n) is 11.7. The molecule has 2 aliphatic heterocycles. The van der Waals surface area contributed by atoms with Gasteiger partial charge in [-0.15, -0.1) is 0 Å². The van der Waals surface area contributed by atoms with Gasteiger partial charge < -0.3 is 9.64 Å². The fourth-order valence-corrected chi connectivity index (χ4v) is 6.00. The molecular weight excluding hydrogens is 498 g/mol. The summed E-state index contributed by atoms with van der Waals surface area (Å²) in [6.07, 6.45) is 1.80. The van der Waals surface area contributed by atoms with E-state index in [0.717, 1.165) is 24.1 Å². The molecule has 0 spiro atoms. The third-order valence-corrected chi connectivity index (χ3v) is 7.78. The number of hydrogen-bond donors (Lipinski definition) is 0. The first-order valence-corrected chi connectivity index (χ1v) is 12.9. The van der Waals surface area contributed by atoms with E-state index in [4.69, 9.17) is 16.3 Å². The van der Waals surface area contributed by atoms with Crippen LogP contribution in [0.25, 0.3) is 5.57 Å². The smallest absolute Gasteiger partial charge is 0.338 e. The summed E-state index contributed by atoms with van der Waals surface area (Å²) in [5.41, 5.74) is 2.96. The van der Waals surface area contributed by atoms with E-state index in [-0.39, 0.29) is 17.0 Å². The van der Waals surface area contributed by atoms with Crippen molar-refractivity contribution in [3.63, 3.8) is 0 Å². The van der Waals surface area contributed by atoms with Crippen LogP contribution >= 0.6 is 22.9 Å². The lowest BCUT2D eigenvalue weighted by Crippen LogP contribution is -2.40. The Morgan fingerprint density at radius 1 is 1.14 bits per heavy atom. The maximum absolute atomic E-state index is 14.0. The molecule has 2 aliphatic rings. The molecule has 0 saturated carbocycles. The molecule has 1 amide bonds. The number of allylic oxidation sites excluding steroid dienone is 1. The SMILES string of the molecule is CCCCN1C(=O)C(=c2sc3n(c2=O)C(c2ccc(Cl)cc2)C(C(=O)OC)=C(C)N=3)c2ccccc21. The van der Waals surface area contributed by atoms with Crippen molar-refractivity contribution in [2.75, 3.05) is 18.6 Å². The van der Waals surface area contributed by atoms with E-state index in [0.29, 0.717) is 37.7 Å². The molecule has 5 rings (SSSR count). The standard InChI is InChI=1S/C27H24ClN3O4S/c1-4-5-14-30-19-9-7-6-8-18(19)21(24(30)32)23-25(33)31-22(16-10-12-17(28)13-11-16)20(26(34)35-3)15(2)29-27(31)36-23/h6-13,22H,4-5,14H2,1-3H3. The largest absolute Gasteiger partial charge is 0.466 e. The highest BCUT2D eigenvalue weighted by Crippen LogP contribution is 2.36. The Balaban J connectivity index is 1.80.